The van der Waals surface area contributed by atoms with Gasteiger partial charge in [0.25, 0.3) is 5.56 Å². The molecule has 0 unspecified atom stereocenters. The molecule has 0 aliphatic rings. The summed E-state index contributed by atoms with van der Waals surface area (Å²) in [5, 5.41) is 14.5. The lowest BCUT2D eigenvalue weighted by Crippen LogP contribution is -2.21. The highest BCUT2D eigenvalue weighted by atomic mass is 16.1. The van der Waals surface area contributed by atoms with E-state index in [9.17, 15) is 4.79 Å². The number of benzene rings is 2. The number of hydrogen-bond donors (Lipinski definition) is 1. The van der Waals surface area contributed by atoms with Crippen molar-refractivity contribution in [2.24, 2.45) is 12.1 Å². The van der Waals surface area contributed by atoms with Gasteiger partial charge >= 0.3 is 0 Å². The lowest BCUT2D eigenvalue weighted by molar-refractivity contribution is 0.850. The summed E-state index contributed by atoms with van der Waals surface area (Å²) in [7, 11) is 1.78. The fraction of sp³-hybridized carbons (Fsp3) is 0.359. The van der Waals surface area contributed by atoms with Crippen LogP contribution in [0.4, 0.5) is 0 Å². The molecule has 4 aromatic rings. The third-order valence-electron chi connectivity index (χ3n) is 6.46. The van der Waals surface area contributed by atoms with E-state index in [-0.39, 0.29) is 5.56 Å². The molecule has 0 amide bonds. The van der Waals surface area contributed by atoms with Gasteiger partial charge in [-0.1, -0.05) is 85.7 Å². The zero-order valence-corrected chi connectivity index (χ0v) is 30.3. The first-order chi connectivity index (χ1) is 22.0. The number of aromatic nitrogens is 3. The summed E-state index contributed by atoms with van der Waals surface area (Å²) in [6, 6.07) is 14.2. The molecule has 2 heterocycles. The second-order valence-corrected chi connectivity index (χ2v) is 10.0. The molecule has 0 radical (unpaired) electrons. The highest BCUT2D eigenvalue weighted by Crippen LogP contribution is 2.28. The molecule has 2 aromatic carbocycles. The van der Waals surface area contributed by atoms with Crippen LogP contribution in [0.15, 0.2) is 71.5 Å². The molecule has 246 valence electrons. The third kappa shape index (κ3) is 11.9. The Labute approximate surface area is 277 Å². The number of aryl methyl sites for hydroxylation is 4. The van der Waals surface area contributed by atoms with E-state index in [1.807, 2.05) is 99.6 Å². The number of rotatable bonds is 6. The van der Waals surface area contributed by atoms with Gasteiger partial charge in [-0.05, 0) is 80.0 Å². The van der Waals surface area contributed by atoms with Crippen molar-refractivity contribution in [2.45, 2.75) is 89.0 Å². The van der Waals surface area contributed by atoms with Crippen LogP contribution in [-0.4, -0.2) is 20.7 Å². The molecule has 4 rings (SSSR count). The van der Waals surface area contributed by atoms with E-state index >= 15 is 0 Å². The minimum Gasteiger partial charge on any atom is -0.311 e. The smallest absolute Gasteiger partial charge is 0.258 e. The summed E-state index contributed by atoms with van der Waals surface area (Å²) in [5.74, 6) is 0.993. The van der Waals surface area contributed by atoms with Crippen molar-refractivity contribution in [3.63, 3.8) is 0 Å². The van der Waals surface area contributed by atoms with Gasteiger partial charge in [-0.3, -0.25) is 10.2 Å². The summed E-state index contributed by atoms with van der Waals surface area (Å²) in [6.45, 7) is 27.7. The van der Waals surface area contributed by atoms with Crippen molar-refractivity contribution in [2.75, 3.05) is 0 Å². The summed E-state index contributed by atoms with van der Waals surface area (Å²) >= 11 is 0. The monoisotopic (exact) mass is 622 g/mol. The zero-order valence-electron chi connectivity index (χ0n) is 30.3. The van der Waals surface area contributed by atoms with Gasteiger partial charge < -0.3 is 4.57 Å². The Kier molecular flexibility index (Phi) is 19.5. The van der Waals surface area contributed by atoms with Crippen LogP contribution >= 0.6 is 0 Å². The van der Waals surface area contributed by atoms with Crippen LogP contribution in [0.5, 0.6) is 0 Å². The lowest BCUT2D eigenvalue weighted by Gasteiger charge is -2.16. The Hall–Kier alpha value is -4.83. The first-order valence-corrected chi connectivity index (χ1v) is 16.1. The zero-order chi connectivity index (χ0) is 35.4. The predicted octanol–water partition coefficient (Wildman–Crippen LogP) is 9.58. The van der Waals surface area contributed by atoms with Crippen LogP contribution in [0.3, 0.4) is 0 Å². The molecule has 7 heteroatoms. The van der Waals surface area contributed by atoms with Crippen molar-refractivity contribution in [3.05, 3.63) is 117 Å². The van der Waals surface area contributed by atoms with E-state index in [2.05, 4.69) is 59.1 Å². The van der Waals surface area contributed by atoms with E-state index < -0.39 is 0 Å². The van der Waals surface area contributed by atoms with Gasteiger partial charge in [-0.15, -0.1) is 0 Å². The molecular weight excluding hydrogens is 568 g/mol. The molecular formula is C39H54N6O. The van der Waals surface area contributed by atoms with Crippen molar-refractivity contribution < 1.29 is 0 Å². The average molecular weight is 623 g/mol. The number of allylic oxidation sites excluding steroid dienone is 1. The van der Waals surface area contributed by atoms with E-state index in [1.165, 1.54) is 6.20 Å². The number of nitriles is 1. The largest absolute Gasteiger partial charge is 0.311 e. The van der Waals surface area contributed by atoms with Crippen molar-refractivity contribution in [1.29, 1.82) is 5.26 Å². The second kappa shape index (κ2) is 21.8. The van der Waals surface area contributed by atoms with E-state index in [0.29, 0.717) is 11.7 Å². The Balaban J connectivity index is 0.00000106. The number of pyridine rings is 1. The maximum absolute atomic E-state index is 13.2. The fourth-order valence-corrected chi connectivity index (χ4v) is 4.29. The normalized spacial score (nSPS) is 10.2. The highest BCUT2D eigenvalue weighted by molar-refractivity contribution is 6.15. The van der Waals surface area contributed by atoms with E-state index in [1.54, 1.807) is 30.2 Å². The average Bonchev–Trinajstić information content (AvgIpc) is 3.07. The molecule has 0 aliphatic heterocycles. The molecule has 0 aliphatic carbocycles. The molecule has 1 N–H and O–H groups in total. The summed E-state index contributed by atoms with van der Waals surface area (Å²) in [6.07, 6.45) is 8.57. The van der Waals surface area contributed by atoms with Crippen LogP contribution in [0.2, 0.25) is 0 Å². The lowest BCUT2D eigenvalue weighted by atomic mass is 9.93. The van der Waals surface area contributed by atoms with Gasteiger partial charge in [-0.25, -0.2) is 9.97 Å². The third-order valence-corrected chi connectivity index (χ3v) is 6.46. The molecule has 0 spiro atoms. The quantitative estimate of drug-likeness (QED) is 0.171. The first-order valence-electron chi connectivity index (χ1n) is 16.1. The fourth-order valence-electron chi connectivity index (χ4n) is 4.29. The van der Waals surface area contributed by atoms with Crippen molar-refractivity contribution >= 4 is 28.6 Å². The number of nitrogens with zero attached hydrogens (tertiary/aromatic N) is 5. The molecule has 2 aromatic heterocycles. The van der Waals surface area contributed by atoms with Crippen molar-refractivity contribution in [1.82, 2.24) is 20.0 Å². The van der Waals surface area contributed by atoms with Crippen LogP contribution in [-0.2, 0) is 7.05 Å². The Morgan fingerprint density at radius 2 is 1.54 bits per heavy atom. The minimum atomic E-state index is -0.0377. The molecule has 0 saturated heterocycles. The summed E-state index contributed by atoms with van der Waals surface area (Å²) < 4.78 is 1.66. The summed E-state index contributed by atoms with van der Waals surface area (Å²) in [4.78, 5) is 21.8. The molecule has 46 heavy (non-hydrogen) atoms. The topological polar surface area (TPSA) is 96.0 Å². The van der Waals surface area contributed by atoms with Crippen molar-refractivity contribution in [3.8, 4) is 6.07 Å². The molecule has 0 fully saturated rings. The Morgan fingerprint density at radius 1 is 0.935 bits per heavy atom. The number of hydrogen-bond acceptors (Lipinski definition) is 6. The van der Waals surface area contributed by atoms with Crippen LogP contribution in [0, 0.1) is 39.0 Å². The standard InChI is InChI=1S/C24H27N5O.C9H9N.3C2H6/c1-7-27-28-14-19(10-18-12-25-17(5)26-13-18)23-11-21-20(15(2)3)8-16(4)9-22(21)24(30)29(23)6;1-7-3-4-8(2)9(5-7)6-10;3*1-2/h7-15,27H,1H2,2-6H3;3-5H,1-2H3;3*1-2H3/b19-10+,28-14-;;;;. The minimum absolute atomic E-state index is 0.0377. The van der Waals surface area contributed by atoms with Gasteiger partial charge in [0, 0.05) is 42.2 Å². The Morgan fingerprint density at radius 3 is 2.07 bits per heavy atom. The van der Waals surface area contributed by atoms with Gasteiger partial charge in [0.15, 0.2) is 0 Å². The van der Waals surface area contributed by atoms with Gasteiger partial charge in [-0.2, -0.15) is 10.4 Å². The molecule has 7 nitrogen and oxygen atoms in total. The summed E-state index contributed by atoms with van der Waals surface area (Å²) in [5.41, 5.74) is 10.2. The Bertz CT molecular complexity index is 1690. The van der Waals surface area contributed by atoms with Crippen LogP contribution in [0.25, 0.3) is 22.4 Å². The molecule has 0 bridgehead atoms. The number of nitrogens with one attached hydrogen (secondary N) is 1. The van der Waals surface area contributed by atoms with Gasteiger partial charge in [0.1, 0.15) is 5.82 Å². The maximum atomic E-state index is 13.2. The SMILES string of the molecule is C=CN/N=C\C(=C/c1cnc(C)nc1)c1cc2c(C(C)C)cc(C)cc2c(=O)n1C.CC.CC.CC.Cc1ccc(C)c(C#N)c1. The first kappa shape index (κ1) is 41.2. The molecule has 0 saturated carbocycles. The highest BCUT2D eigenvalue weighted by Gasteiger charge is 2.15. The number of hydrazone groups is 1. The maximum Gasteiger partial charge on any atom is 0.258 e. The van der Waals surface area contributed by atoms with Gasteiger partial charge in [0.05, 0.1) is 23.5 Å². The van der Waals surface area contributed by atoms with E-state index in [0.717, 1.165) is 55.4 Å². The van der Waals surface area contributed by atoms with Crippen LogP contribution < -0.4 is 11.0 Å². The predicted molar refractivity (Wildman–Crippen MR) is 199 cm³/mol. The van der Waals surface area contributed by atoms with Crippen LogP contribution in [0.1, 0.15) is 106 Å². The van der Waals surface area contributed by atoms with E-state index in [4.69, 9.17) is 5.26 Å². The van der Waals surface area contributed by atoms with Gasteiger partial charge in [0.2, 0.25) is 0 Å². The number of fused-ring (bicyclic) bond motifs is 1. The molecule has 0 atom stereocenters. The second-order valence-electron chi connectivity index (χ2n) is 10.0.